The first-order chi connectivity index (χ1) is 13.6. The number of aromatic nitrogens is 1. The van der Waals surface area contributed by atoms with Crippen LogP contribution in [0.4, 0.5) is 0 Å². The molecule has 0 unspecified atom stereocenters. The van der Waals surface area contributed by atoms with E-state index in [0.29, 0.717) is 0 Å². The lowest BCUT2D eigenvalue weighted by molar-refractivity contribution is 0.0978. The van der Waals surface area contributed by atoms with Crippen molar-refractivity contribution in [1.29, 1.82) is 5.26 Å². The van der Waals surface area contributed by atoms with Gasteiger partial charge in [-0.3, -0.25) is 9.88 Å². The number of nitrogens with zero attached hydrogens (tertiary/aromatic N) is 3. The number of nitriles is 1. The molecule has 4 nitrogen and oxygen atoms in total. The van der Waals surface area contributed by atoms with Gasteiger partial charge in [0.15, 0.2) is 0 Å². The zero-order valence-electron chi connectivity index (χ0n) is 15.9. The van der Waals surface area contributed by atoms with Crippen molar-refractivity contribution >= 4 is 26.8 Å². The first-order valence-corrected chi connectivity index (χ1v) is 10.4. The fraction of sp³-hybridized carbons (Fsp3) is 0.304. The van der Waals surface area contributed by atoms with Gasteiger partial charge < -0.3 is 4.74 Å². The van der Waals surface area contributed by atoms with E-state index in [1.165, 1.54) is 0 Å². The Morgan fingerprint density at radius 2 is 1.96 bits per heavy atom. The number of halogens is 1. The molecule has 0 amide bonds. The lowest BCUT2D eigenvalue weighted by Gasteiger charge is -2.32. The minimum absolute atomic E-state index is 0.200. The molecule has 5 heteroatoms. The predicted molar refractivity (Wildman–Crippen MR) is 114 cm³/mol. The Hall–Kier alpha value is -2.42. The van der Waals surface area contributed by atoms with Gasteiger partial charge in [-0.15, -0.1) is 0 Å². The molecule has 1 aromatic heterocycles. The third-order valence-corrected chi connectivity index (χ3v) is 5.71. The number of benzene rings is 2. The zero-order chi connectivity index (χ0) is 19.5. The summed E-state index contributed by atoms with van der Waals surface area (Å²) in [5.41, 5.74) is 3.80. The molecule has 1 aliphatic heterocycles. The van der Waals surface area contributed by atoms with Crippen molar-refractivity contribution in [2.45, 2.75) is 32.4 Å². The van der Waals surface area contributed by atoms with Gasteiger partial charge in [0.05, 0.1) is 17.1 Å². The van der Waals surface area contributed by atoms with E-state index in [9.17, 15) is 5.26 Å². The second kappa shape index (κ2) is 8.30. The number of likely N-dealkylation sites (tertiary alicyclic amines) is 1. The standard InChI is InChI=1S/C23H22BrN3O/c1-16-12-23(21-13-19(24)6-7-22(21)26-16)28-20-8-10-27(11-9-20)15-18-5-3-2-4-17(18)14-25/h2-7,12-13,20H,8-11,15H2,1H3. The van der Waals surface area contributed by atoms with Gasteiger partial charge in [-0.05, 0) is 49.6 Å². The Bertz CT molecular complexity index is 1040. The van der Waals surface area contributed by atoms with Crippen LogP contribution in [0.2, 0.25) is 0 Å². The van der Waals surface area contributed by atoms with Crippen molar-refractivity contribution < 1.29 is 4.74 Å². The predicted octanol–water partition coefficient (Wildman–Crippen LogP) is 5.22. The van der Waals surface area contributed by atoms with Crippen LogP contribution in [0.1, 0.15) is 29.7 Å². The van der Waals surface area contributed by atoms with Crippen molar-refractivity contribution in [3.63, 3.8) is 0 Å². The maximum Gasteiger partial charge on any atom is 0.130 e. The highest BCUT2D eigenvalue weighted by atomic mass is 79.9. The average Bonchev–Trinajstić information content (AvgIpc) is 2.70. The highest BCUT2D eigenvalue weighted by molar-refractivity contribution is 9.10. The van der Waals surface area contributed by atoms with Crippen molar-refractivity contribution in [3.8, 4) is 11.8 Å². The summed E-state index contributed by atoms with van der Waals surface area (Å²) in [6.07, 6.45) is 2.16. The summed E-state index contributed by atoms with van der Waals surface area (Å²) in [6.45, 7) is 4.76. The summed E-state index contributed by atoms with van der Waals surface area (Å²) in [5, 5.41) is 10.3. The summed E-state index contributed by atoms with van der Waals surface area (Å²) in [7, 11) is 0. The van der Waals surface area contributed by atoms with E-state index in [4.69, 9.17) is 4.74 Å². The van der Waals surface area contributed by atoms with Crippen LogP contribution in [0.15, 0.2) is 53.0 Å². The Morgan fingerprint density at radius 1 is 1.18 bits per heavy atom. The van der Waals surface area contributed by atoms with E-state index >= 15 is 0 Å². The third-order valence-electron chi connectivity index (χ3n) is 5.22. The number of pyridine rings is 1. The molecule has 2 aromatic carbocycles. The summed E-state index contributed by atoms with van der Waals surface area (Å²) in [4.78, 5) is 7.02. The van der Waals surface area contributed by atoms with Crippen LogP contribution in [0.3, 0.4) is 0 Å². The van der Waals surface area contributed by atoms with Gasteiger partial charge in [0.25, 0.3) is 0 Å². The van der Waals surface area contributed by atoms with Crippen molar-refractivity contribution in [1.82, 2.24) is 9.88 Å². The molecule has 0 bridgehead atoms. The SMILES string of the molecule is Cc1cc(OC2CCN(Cc3ccccc3C#N)CC2)c2cc(Br)ccc2n1. The molecule has 0 radical (unpaired) electrons. The molecule has 1 aliphatic rings. The molecule has 1 fully saturated rings. The number of ether oxygens (including phenoxy) is 1. The lowest BCUT2D eigenvalue weighted by Crippen LogP contribution is -2.38. The van der Waals surface area contributed by atoms with Crippen LogP contribution < -0.4 is 4.74 Å². The second-order valence-electron chi connectivity index (χ2n) is 7.29. The van der Waals surface area contributed by atoms with E-state index in [1.807, 2.05) is 49.4 Å². The van der Waals surface area contributed by atoms with E-state index < -0.39 is 0 Å². The summed E-state index contributed by atoms with van der Waals surface area (Å²) < 4.78 is 7.44. The second-order valence-corrected chi connectivity index (χ2v) is 8.20. The van der Waals surface area contributed by atoms with Gasteiger partial charge in [-0.2, -0.15) is 5.26 Å². The van der Waals surface area contributed by atoms with E-state index in [-0.39, 0.29) is 6.10 Å². The number of rotatable bonds is 4. The first kappa shape index (κ1) is 18.9. The third kappa shape index (κ3) is 4.19. The molecule has 0 atom stereocenters. The normalized spacial score (nSPS) is 15.5. The molecule has 1 saturated heterocycles. The fourth-order valence-electron chi connectivity index (χ4n) is 3.76. The van der Waals surface area contributed by atoms with Gasteiger partial charge in [0.2, 0.25) is 0 Å². The Labute approximate surface area is 173 Å². The number of piperidine rings is 1. The van der Waals surface area contributed by atoms with Gasteiger partial charge in [0.1, 0.15) is 11.9 Å². The number of hydrogen-bond donors (Lipinski definition) is 0. The highest BCUT2D eigenvalue weighted by Crippen LogP contribution is 2.30. The molecule has 2 heterocycles. The molecule has 4 rings (SSSR count). The molecule has 142 valence electrons. The minimum atomic E-state index is 0.200. The summed E-state index contributed by atoms with van der Waals surface area (Å²) >= 11 is 3.55. The van der Waals surface area contributed by atoms with Gasteiger partial charge in [-0.25, -0.2) is 0 Å². The van der Waals surface area contributed by atoms with Crippen molar-refractivity contribution in [2.75, 3.05) is 13.1 Å². The van der Waals surface area contributed by atoms with Gasteiger partial charge >= 0.3 is 0 Å². The molecule has 28 heavy (non-hydrogen) atoms. The molecule has 0 saturated carbocycles. The average molecular weight is 436 g/mol. The van der Waals surface area contributed by atoms with Crippen LogP contribution in [0.5, 0.6) is 5.75 Å². The topological polar surface area (TPSA) is 49.1 Å². The van der Waals surface area contributed by atoms with Crippen LogP contribution in [-0.2, 0) is 6.54 Å². The van der Waals surface area contributed by atoms with E-state index in [2.05, 4.69) is 37.9 Å². The summed E-state index contributed by atoms with van der Waals surface area (Å²) in [5.74, 6) is 0.914. The largest absolute Gasteiger partial charge is 0.490 e. The smallest absolute Gasteiger partial charge is 0.130 e. The van der Waals surface area contributed by atoms with E-state index in [1.54, 1.807) is 0 Å². The lowest BCUT2D eigenvalue weighted by atomic mass is 10.0. The quantitative estimate of drug-likeness (QED) is 0.563. The molecule has 3 aromatic rings. The van der Waals surface area contributed by atoms with Crippen LogP contribution >= 0.6 is 15.9 Å². The Balaban J connectivity index is 1.43. The Kier molecular flexibility index (Phi) is 5.61. The van der Waals surface area contributed by atoms with Gasteiger partial charge in [0, 0.05) is 41.3 Å². The van der Waals surface area contributed by atoms with E-state index in [0.717, 1.165) is 70.4 Å². The van der Waals surface area contributed by atoms with Crippen LogP contribution in [0, 0.1) is 18.3 Å². The van der Waals surface area contributed by atoms with Crippen molar-refractivity contribution in [3.05, 3.63) is 69.8 Å². The maximum atomic E-state index is 9.29. The zero-order valence-corrected chi connectivity index (χ0v) is 17.4. The number of aryl methyl sites for hydroxylation is 1. The highest BCUT2D eigenvalue weighted by Gasteiger charge is 2.22. The molecule has 0 aliphatic carbocycles. The van der Waals surface area contributed by atoms with Gasteiger partial charge in [-0.1, -0.05) is 34.1 Å². The molecular weight excluding hydrogens is 414 g/mol. The first-order valence-electron chi connectivity index (χ1n) is 9.56. The molecule has 0 N–H and O–H groups in total. The van der Waals surface area contributed by atoms with Crippen LogP contribution in [0.25, 0.3) is 10.9 Å². The summed E-state index contributed by atoms with van der Waals surface area (Å²) in [6, 6.07) is 18.3. The molecular formula is C23H22BrN3O. The van der Waals surface area contributed by atoms with Crippen LogP contribution in [-0.4, -0.2) is 29.1 Å². The fourth-order valence-corrected chi connectivity index (χ4v) is 4.12. The minimum Gasteiger partial charge on any atom is -0.490 e. The van der Waals surface area contributed by atoms with Crippen molar-refractivity contribution in [2.24, 2.45) is 0 Å². The number of hydrogen-bond acceptors (Lipinski definition) is 4. The number of fused-ring (bicyclic) bond motifs is 1. The Morgan fingerprint density at radius 3 is 2.75 bits per heavy atom. The molecule has 0 spiro atoms. The maximum absolute atomic E-state index is 9.29. The monoisotopic (exact) mass is 435 g/mol.